The summed E-state index contributed by atoms with van der Waals surface area (Å²) >= 11 is 0. The lowest BCUT2D eigenvalue weighted by atomic mass is 9.95. The van der Waals surface area contributed by atoms with Crippen LogP contribution in [-0.2, 0) is 9.53 Å². The molecule has 2 fully saturated rings. The Morgan fingerprint density at radius 2 is 1.92 bits per heavy atom. The number of carbonyl (C=O) groups is 1. The van der Waals surface area contributed by atoms with Crippen LogP contribution in [0.2, 0.25) is 0 Å². The molecule has 4 rings (SSSR count). The molecule has 1 amide bonds. The zero-order chi connectivity index (χ0) is 18.5. The van der Waals surface area contributed by atoms with Gasteiger partial charge in [-0.25, -0.2) is 14.6 Å². The Bertz CT molecular complexity index is 840. The van der Waals surface area contributed by atoms with Crippen LogP contribution in [0, 0.1) is 19.8 Å². The summed E-state index contributed by atoms with van der Waals surface area (Å²) in [4.78, 5) is 25.4. The van der Waals surface area contributed by atoms with Crippen molar-refractivity contribution in [3.63, 3.8) is 0 Å². The molecule has 8 nitrogen and oxygen atoms in total. The predicted molar refractivity (Wildman–Crippen MR) is 96.1 cm³/mol. The van der Waals surface area contributed by atoms with E-state index < -0.39 is 0 Å². The summed E-state index contributed by atoms with van der Waals surface area (Å²) in [6.45, 7) is 10.3. The molecule has 2 aliphatic heterocycles. The molecule has 0 atom stereocenters. The second-order valence-corrected chi connectivity index (χ2v) is 7.73. The summed E-state index contributed by atoms with van der Waals surface area (Å²) in [5, 5.41) is 4.47. The van der Waals surface area contributed by atoms with Gasteiger partial charge in [-0.3, -0.25) is 4.79 Å². The Labute approximate surface area is 152 Å². The van der Waals surface area contributed by atoms with E-state index in [0.29, 0.717) is 26.4 Å². The van der Waals surface area contributed by atoms with Crippen LogP contribution < -0.4 is 4.90 Å². The number of aromatic nitrogens is 4. The molecule has 0 N–H and O–H groups in total. The standard InChI is InChI=1S/C18H24N6O2/c1-12-5-13(2)24(21-12)16-6-15(19-10-20-16)22-7-14(8-22)17(25)23-11-26-9-18(23,3)4/h5-6,10,14H,7-9,11H2,1-4H3. The van der Waals surface area contributed by atoms with Gasteiger partial charge in [0.2, 0.25) is 5.91 Å². The highest BCUT2D eigenvalue weighted by Gasteiger charge is 2.43. The van der Waals surface area contributed by atoms with Crippen molar-refractivity contribution < 1.29 is 9.53 Å². The van der Waals surface area contributed by atoms with E-state index in [0.717, 1.165) is 23.0 Å². The third-order valence-corrected chi connectivity index (χ3v) is 5.09. The highest BCUT2D eigenvalue weighted by atomic mass is 16.5. The minimum atomic E-state index is -0.227. The van der Waals surface area contributed by atoms with Gasteiger partial charge in [-0.1, -0.05) is 0 Å². The van der Waals surface area contributed by atoms with E-state index in [4.69, 9.17) is 4.74 Å². The Kier molecular flexibility index (Phi) is 3.95. The van der Waals surface area contributed by atoms with Gasteiger partial charge in [0.1, 0.15) is 18.9 Å². The summed E-state index contributed by atoms with van der Waals surface area (Å²) < 4.78 is 7.28. The highest BCUT2D eigenvalue weighted by Crippen LogP contribution is 2.29. The molecule has 4 heterocycles. The topological polar surface area (TPSA) is 76.4 Å². The van der Waals surface area contributed by atoms with Gasteiger partial charge >= 0.3 is 0 Å². The van der Waals surface area contributed by atoms with Crippen molar-refractivity contribution in [2.75, 3.05) is 31.3 Å². The zero-order valence-electron chi connectivity index (χ0n) is 15.6. The maximum absolute atomic E-state index is 12.7. The van der Waals surface area contributed by atoms with Gasteiger partial charge in [-0.2, -0.15) is 5.10 Å². The fraction of sp³-hybridized carbons (Fsp3) is 0.556. The number of rotatable bonds is 3. The van der Waals surface area contributed by atoms with E-state index in [1.807, 2.05) is 49.4 Å². The van der Waals surface area contributed by atoms with E-state index in [2.05, 4.69) is 20.0 Å². The van der Waals surface area contributed by atoms with Crippen LogP contribution in [0.3, 0.4) is 0 Å². The summed E-state index contributed by atoms with van der Waals surface area (Å²) in [6.07, 6.45) is 1.55. The molecular weight excluding hydrogens is 332 g/mol. The third kappa shape index (κ3) is 2.84. The molecule has 2 aromatic heterocycles. The smallest absolute Gasteiger partial charge is 0.231 e. The molecule has 2 saturated heterocycles. The van der Waals surface area contributed by atoms with Crippen LogP contribution >= 0.6 is 0 Å². The van der Waals surface area contributed by atoms with Crippen LogP contribution in [0.15, 0.2) is 18.5 Å². The van der Waals surface area contributed by atoms with Crippen molar-refractivity contribution in [3.8, 4) is 5.82 Å². The number of hydrogen-bond acceptors (Lipinski definition) is 6. The normalized spacial score (nSPS) is 19.7. The number of ether oxygens (including phenoxy) is 1. The Morgan fingerprint density at radius 3 is 2.54 bits per heavy atom. The molecule has 8 heteroatoms. The monoisotopic (exact) mass is 356 g/mol. The van der Waals surface area contributed by atoms with Gasteiger partial charge < -0.3 is 14.5 Å². The molecule has 2 aliphatic rings. The number of hydrogen-bond donors (Lipinski definition) is 0. The lowest BCUT2D eigenvalue weighted by molar-refractivity contribution is -0.140. The first-order valence-corrected chi connectivity index (χ1v) is 8.85. The van der Waals surface area contributed by atoms with E-state index >= 15 is 0 Å². The first kappa shape index (κ1) is 17.0. The molecule has 0 aromatic carbocycles. The van der Waals surface area contributed by atoms with Crippen molar-refractivity contribution >= 4 is 11.7 Å². The van der Waals surface area contributed by atoms with Crippen molar-refractivity contribution in [2.45, 2.75) is 33.2 Å². The van der Waals surface area contributed by atoms with Crippen LogP contribution in [0.25, 0.3) is 5.82 Å². The van der Waals surface area contributed by atoms with Crippen molar-refractivity contribution in [2.24, 2.45) is 5.92 Å². The minimum Gasteiger partial charge on any atom is -0.359 e. The van der Waals surface area contributed by atoms with E-state index in [1.165, 1.54) is 0 Å². The average Bonchev–Trinajstić information content (AvgIpc) is 3.07. The van der Waals surface area contributed by atoms with Crippen LogP contribution in [0.5, 0.6) is 0 Å². The summed E-state index contributed by atoms with van der Waals surface area (Å²) in [6, 6.07) is 3.93. The molecule has 2 aromatic rings. The van der Waals surface area contributed by atoms with Gasteiger partial charge in [-0.05, 0) is 33.8 Å². The maximum atomic E-state index is 12.7. The number of amides is 1. The lowest BCUT2D eigenvalue weighted by Gasteiger charge is -2.42. The van der Waals surface area contributed by atoms with Crippen LogP contribution in [-0.4, -0.2) is 62.5 Å². The van der Waals surface area contributed by atoms with E-state index in [-0.39, 0.29) is 17.4 Å². The number of aryl methyl sites for hydroxylation is 2. The molecule has 0 spiro atoms. The average molecular weight is 356 g/mol. The third-order valence-electron chi connectivity index (χ3n) is 5.09. The first-order valence-electron chi connectivity index (χ1n) is 8.85. The van der Waals surface area contributed by atoms with E-state index in [1.54, 1.807) is 6.33 Å². The van der Waals surface area contributed by atoms with Crippen molar-refractivity contribution in [1.82, 2.24) is 24.6 Å². The van der Waals surface area contributed by atoms with Crippen molar-refractivity contribution in [3.05, 3.63) is 29.8 Å². The predicted octanol–water partition coefficient (Wildman–Crippen LogP) is 1.31. The molecule has 26 heavy (non-hydrogen) atoms. The highest BCUT2D eigenvalue weighted by molar-refractivity contribution is 5.82. The summed E-state index contributed by atoms with van der Waals surface area (Å²) in [5.74, 6) is 1.72. The fourth-order valence-electron chi connectivity index (χ4n) is 3.53. The Hall–Kier alpha value is -2.48. The summed E-state index contributed by atoms with van der Waals surface area (Å²) in [7, 11) is 0. The number of carbonyl (C=O) groups excluding carboxylic acids is 1. The molecule has 0 unspecified atom stereocenters. The second kappa shape index (κ2) is 6.05. The zero-order valence-corrected chi connectivity index (χ0v) is 15.6. The lowest BCUT2D eigenvalue weighted by Crippen LogP contribution is -2.57. The molecule has 0 bridgehead atoms. The largest absolute Gasteiger partial charge is 0.359 e. The van der Waals surface area contributed by atoms with Crippen LogP contribution in [0.1, 0.15) is 25.2 Å². The second-order valence-electron chi connectivity index (χ2n) is 7.73. The SMILES string of the molecule is Cc1cc(C)n(-c2cc(N3CC(C(=O)N4COCC4(C)C)C3)ncn2)n1. The Morgan fingerprint density at radius 1 is 1.19 bits per heavy atom. The van der Waals surface area contributed by atoms with E-state index in [9.17, 15) is 4.79 Å². The summed E-state index contributed by atoms with van der Waals surface area (Å²) in [5.41, 5.74) is 1.75. The fourth-order valence-corrected chi connectivity index (χ4v) is 3.53. The van der Waals surface area contributed by atoms with Gasteiger partial charge in [0.25, 0.3) is 0 Å². The molecule has 0 aliphatic carbocycles. The molecule has 0 radical (unpaired) electrons. The van der Waals surface area contributed by atoms with Gasteiger partial charge in [0.05, 0.1) is 23.8 Å². The van der Waals surface area contributed by atoms with Crippen molar-refractivity contribution in [1.29, 1.82) is 0 Å². The van der Waals surface area contributed by atoms with Gasteiger partial charge in [-0.15, -0.1) is 0 Å². The van der Waals surface area contributed by atoms with Gasteiger partial charge in [0, 0.05) is 24.8 Å². The molecule has 0 saturated carbocycles. The minimum absolute atomic E-state index is 0.0110. The van der Waals surface area contributed by atoms with Gasteiger partial charge in [0.15, 0.2) is 5.82 Å². The molecule has 138 valence electrons. The maximum Gasteiger partial charge on any atom is 0.231 e. The quantitative estimate of drug-likeness (QED) is 0.825. The van der Waals surface area contributed by atoms with Crippen LogP contribution in [0.4, 0.5) is 5.82 Å². The molecular formula is C18H24N6O2. The Balaban J connectivity index is 1.45. The first-order chi connectivity index (χ1) is 12.3. The number of nitrogens with zero attached hydrogens (tertiary/aromatic N) is 6. The number of anilines is 1.